The Hall–Kier alpha value is -1.06. The lowest BCUT2D eigenvalue weighted by atomic mass is 9.87. The lowest BCUT2D eigenvalue weighted by Crippen LogP contribution is -2.23. The molecule has 4 heteroatoms. The predicted octanol–water partition coefficient (Wildman–Crippen LogP) is 2.13. The molecule has 0 aliphatic heterocycles. The third kappa shape index (κ3) is 5.56. The first-order valence-corrected chi connectivity index (χ1v) is 4.81. The van der Waals surface area contributed by atoms with Crippen molar-refractivity contribution in [1.82, 2.24) is 0 Å². The fraction of sp³-hybridized carbons (Fsp3) is 0.800. The van der Waals surface area contributed by atoms with Gasteiger partial charge in [-0.25, -0.2) is 0 Å². The molecule has 0 amide bonds. The average Bonchev–Trinajstić information content (AvgIpc) is 2.02. The molecular weight excluding hydrogens is 184 g/mol. The molecule has 0 heterocycles. The Morgan fingerprint density at radius 1 is 1.07 bits per heavy atom. The number of carboxylic acid groups (broad SMARTS) is 2. The quantitative estimate of drug-likeness (QED) is 0.620. The zero-order valence-corrected chi connectivity index (χ0v) is 8.75. The number of unbranched alkanes of at least 4 members (excludes halogenated alkanes) is 2. The van der Waals surface area contributed by atoms with E-state index in [2.05, 4.69) is 0 Å². The van der Waals surface area contributed by atoms with Crippen LogP contribution in [0.15, 0.2) is 0 Å². The Bertz CT molecular complexity index is 208. The molecule has 2 N–H and O–H groups in total. The van der Waals surface area contributed by atoms with E-state index in [1.165, 1.54) is 0 Å². The van der Waals surface area contributed by atoms with E-state index >= 15 is 0 Å². The Labute approximate surface area is 83.9 Å². The summed E-state index contributed by atoms with van der Waals surface area (Å²) in [5.74, 6) is -1.58. The molecule has 0 bridgehead atoms. The molecule has 0 radical (unpaired) electrons. The Balaban J connectivity index is 3.54. The number of carboxylic acids is 2. The summed E-state index contributed by atoms with van der Waals surface area (Å²) in [6, 6.07) is 0. The zero-order chi connectivity index (χ0) is 11.2. The summed E-state index contributed by atoms with van der Waals surface area (Å²) in [5, 5.41) is 17.2. The minimum absolute atomic E-state index is 0.174. The second-order valence-corrected chi connectivity index (χ2v) is 4.14. The third-order valence-corrected chi connectivity index (χ3v) is 2.27. The molecule has 0 rings (SSSR count). The standard InChI is InChI=1S/C10H18O4/c1-10(2,9(13)14)7-5-3-4-6-8(11)12/h3-7H2,1-2H3,(H,11,12)(H,13,14). The molecule has 0 aromatic rings. The molecule has 0 aromatic heterocycles. The van der Waals surface area contributed by atoms with E-state index in [-0.39, 0.29) is 6.42 Å². The molecule has 0 aliphatic carbocycles. The summed E-state index contributed by atoms with van der Waals surface area (Å²) in [6.07, 6.45) is 2.95. The van der Waals surface area contributed by atoms with Gasteiger partial charge in [-0.15, -0.1) is 0 Å². The van der Waals surface area contributed by atoms with Crippen LogP contribution in [0.1, 0.15) is 46.0 Å². The molecule has 0 fully saturated rings. The minimum Gasteiger partial charge on any atom is -0.481 e. The van der Waals surface area contributed by atoms with Gasteiger partial charge >= 0.3 is 11.9 Å². The van der Waals surface area contributed by atoms with Crippen LogP contribution in [0.25, 0.3) is 0 Å². The Morgan fingerprint density at radius 3 is 2.07 bits per heavy atom. The van der Waals surface area contributed by atoms with Crippen molar-refractivity contribution in [3.8, 4) is 0 Å². The molecule has 14 heavy (non-hydrogen) atoms. The summed E-state index contributed by atoms with van der Waals surface area (Å²) in [5.41, 5.74) is -0.691. The van der Waals surface area contributed by atoms with Gasteiger partial charge in [0.15, 0.2) is 0 Å². The fourth-order valence-electron chi connectivity index (χ4n) is 1.13. The first kappa shape index (κ1) is 12.9. The molecule has 82 valence electrons. The highest BCUT2D eigenvalue weighted by Gasteiger charge is 2.25. The van der Waals surface area contributed by atoms with Gasteiger partial charge < -0.3 is 10.2 Å². The molecule has 0 aliphatic rings. The van der Waals surface area contributed by atoms with Crippen LogP contribution in [0.3, 0.4) is 0 Å². The maximum atomic E-state index is 10.7. The smallest absolute Gasteiger partial charge is 0.309 e. The van der Waals surface area contributed by atoms with Crippen molar-refractivity contribution in [2.24, 2.45) is 5.41 Å². The fourth-order valence-corrected chi connectivity index (χ4v) is 1.13. The van der Waals surface area contributed by atoms with Crippen LogP contribution < -0.4 is 0 Å². The van der Waals surface area contributed by atoms with Crippen LogP contribution in [0.5, 0.6) is 0 Å². The zero-order valence-electron chi connectivity index (χ0n) is 8.75. The van der Waals surface area contributed by atoms with E-state index in [9.17, 15) is 9.59 Å². The van der Waals surface area contributed by atoms with E-state index in [1.54, 1.807) is 13.8 Å². The Morgan fingerprint density at radius 2 is 1.64 bits per heavy atom. The lowest BCUT2D eigenvalue weighted by Gasteiger charge is -2.18. The van der Waals surface area contributed by atoms with Crippen molar-refractivity contribution in [2.75, 3.05) is 0 Å². The molecular formula is C10H18O4. The number of carbonyl (C=O) groups is 2. The topological polar surface area (TPSA) is 74.6 Å². The second-order valence-electron chi connectivity index (χ2n) is 4.14. The van der Waals surface area contributed by atoms with Crippen molar-refractivity contribution in [1.29, 1.82) is 0 Å². The molecule has 0 saturated heterocycles. The van der Waals surface area contributed by atoms with E-state index in [0.29, 0.717) is 12.8 Å². The van der Waals surface area contributed by atoms with Gasteiger partial charge in [0.2, 0.25) is 0 Å². The summed E-state index contributed by atoms with van der Waals surface area (Å²) in [7, 11) is 0. The maximum Gasteiger partial charge on any atom is 0.309 e. The second kappa shape index (κ2) is 5.62. The average molecular weight is 202 g/mol. The summed E-state index contributed by atoms with van der Waals surface area (Å²) < 4.78 is 0. The van der Waals surface area contributed by atoms with Gasteiger partial charge in [0.1, 0.15) is 0 Å². The summed E-state index contributed by atoms with van der Waals surface area (Å²) in [4.78, 5) is 20.9. The lowest BCUT2D eigenvalue weighted by molar-refractivity contribution is -0.147. The molecule has 0 saturated carbocycles. The van der Waals surface area contributed by atoms with Crippen LogP contribution in [0.2, 0.25) is 0 Å². The van der Waals surface area contributed by atoms with Gasteiger partial charge in [0, 0.05) is 6.42 Å². The van der Waals surface area contributed by atoms with Gasteiger partial charge in [-0.2, -0.15) is 0 Å². The Kier molecular flexibility index (Phi) is 5.20. The molecule has 0 atom stereocenters. The van der Waals surface area contributed by atoms with Gasteiger partial charge in [0.05, 0.1) is 5.41 Å². The van der Waals surface area contributed by atoms with Gasteiger partial charge in [0.25, 0.3) is 0 Å². The van der Waals surface area contributed by atoms with E-state index in [1.807, 2.05) is 0 Å². The maximum absolute atomic E-state index is 10.7. The predicted molar refractivity (Wildman–Crippen MR) is 52.1 cm³/mol. The molecule has 0 spiro atoms. The minimum atomic E-state index is -0.796. The van der Waals surface area contributed by atoms with Crippen LogP contribution in [0.4, 0.5) is 0 Å². The molecule has 0 unspecified atom stereocenters. The highest BCUT2D eigenvalue weighted by Crippen LogP contribution is 2.23. The summed E-state index contributed by atoms with van der Waals surface area (Å²) >= 11 is 0. The number of aliphatic carboxylic acids is 2. The van der Waals surface area contributed by atoms with Crippen molar-refractivity contribution >= 4 is 11.9 Å². The third-order valence-electron chi connectivity index (χ3n) is 2.27. The van der Waals surface area contributed by atoms with E-state index in [0.717, 1.165) is 12.8 Å². The van der Waals surface area contributed by atoms with E-state index in [4.69, 9.17) is 10.2 Å². The number of rotatable bonds is 7. The SMILES string of the molecule is CC(C)(CCCCCC(=O)O)C(=O)O. The van der Waals surface area contributed by atoms with Crippen molar-refractivity contribution in [3.05, 3.63) is 0 Å². The van der Waals surface area contributed by atoms with Crippen LogP contribution in [0, 0.1) is 5.41 Å². The van der Waals surface area contributed by atoms with Crippen molar-refractivity contribution in [3.63, 3.8) is 0 Å². The highest BCUT2D eigenvalue weighted by atomic mass is 16.4. The van der Waals surface area contributed by atoms with Crippen LogP contribution in [-0.2, 0) is 9.59 Å². The van der Waals surface area contributed by atoms with Gasteiger partial charge in [-0.3, -0.25) is 9.59 Å². The first-order valence-electron chi connectivity index (χ1n) is 4.81. The van der Waals surface area contributed by atoms with Crippen LogP contribution in [-0.4, -0.2) is 22.2 Å². The number of hydrogen-bond donors (Lipinski definition) is 2. The normalized spacial score (nSPS) is 11.3. The van der Waals surface area contributed by atoms with Gasteiger partial charge in [-0.05, 0) is 26.7 Å². The van der Waals surface area contributed by atoms with E-state index < -0.39 is 17.4 Å². The monoisotopic (exact) mass is 202 g/mol. The molecule has 4 nitrogen and oxygen atoms in total. The highest BCUT2D eigenvalue weighted by molar-refractivity contribution is 5.73. The van der Waals surface area contributed by atoms with Crippen molar-refractivity contribution in [2.45, 2.75) is 46.0 Å². The summed E-state index contributed by atoms with van der Waals surface area (Å²) in [6.45, 7) is 3.37. The first-order chi connectivity index (χ1) is 6.36. The number of hydrogen-bond acceptors (Lipinski definition) is 2. The van der Waals surface area contributed by atoms with Gasteiger partial charge in [-0.1, -0.05) is 12.8 Å². The largest absolute Gasteiger partial charge is 0.481 e. The van der Waals surface area contributed by atoms with Crippen LogP contribution >= 0.6 is 0 Å². The molecule has 0 aromatic carbocycles. The van der Waals surface area contributed by atoms with Crippen molar-refractivity contribution < 1.29 is 19.8 Å².